The van der Waals surface area contributed by atoms with Gasteiger partial charge < -0.3 is 14.4 Å². The number of hydrogen-bond acceptors (Lipinski definition) is 7. The zero-order valence-electron chi connectivity index (χ0n) is 19.3. The summed E-state index contributed by atoms with van der Waals surface area (Å²) in [5.74, 6) is 1.23. The summed E-state index contributed by atoms with van der Waals surface area (Å²) in [5, 5.41) is 4.54. The Hall–Kier alpha value is -2.46. The first-order chi connectivity index (χ1) is 17.2. The molecule has 2 aliphatic heterocycles. The highest BCUT2D eigenvalue weighted by molar-refractivity contribution is 7.11. The standard InChI is InChI=1S/C26H28FN3O3S2/c27-23-13-18(5-6-24(23)29-7-9-32-10-8-29)30(26(31)33-25-4-2-12-35-25)17-22-20-15-28(16-21(20)22)14-19-3-1-11-34-19/h1-6,11-13,20-22H,7-10,14-17H2. The molecule has 2 unspecified atom stereocenters. The number of halogens is 1. The van der Waals surface area contributed by atoms with Crippen LogP contribution >= 0.6 is 22.7 Å². The number of fused-ring (bicyclic) bond motifs is 1. The molecule has 1 saturated carbocycles. The number of anilines is 2. The van der Waals surface area contributed by atoms with Crippen LogP contribution < -0.4 is 14.5 Å². The highest BCUT2D eigenvalue weighted by Crippen LogP contribution is 2.52. The molecule has 0 N–H and O–H groups in total. The molecule has 6 rings (SSSR count). The Morgan fingerprint density at radius 1 is 1.09 bits per heavy atom. The van der Waals surface area contributed by atoms with E-state index in [0.717, 1.165) is 19.6 Å². The van der Waals surface area contributed by atoms with E-state index in [-0.39, 0.29) is 5.82 Å². The first-order valence-corrected chi connectivity index (χ1v) is 13.8. The molecular weight excluding hydrogens is 485 g/mol. The first-order valence-electron chi connectivity index (χ1n) is 12.1. The van der Waals surface area contributed by atoms with Gasteiger partial charge in [0.2, 0.25) is 0 Å². The van der Waals surface area contributed by atoms with E-state index in [9.17, 15) is 4.79 Å². The molecule has 1 aliphatic carbocycles. The van der Waals surface area contributed by atoms with Crippen LogP contribution in [0.15, 0.2) is 53.2 Å². The molecule has 3 fully saturated rings. The quantitative estimate of drug-likeness (QED) is 0.436. The van der Waals surface area contributed by atoms with Gasteiger partial charge in [-0.15, -0.1) is 22.7 Å². The van der Waals surface area contributed by atoms with Crippen molar-refractivity contribution in [3.05, 3.63) is 63.9 Å². The van der Waals surface area contributed by atoms with Gasteiger partial charge in [-0.3, -0.25) is 9.80 Å². The Morgan fingerprint density at radius 2 is 1.86 bits per heavy atom. The maximum Gasteiger partial charge on any atom is 0.420 e. The fourth-order valence-electron chi connectivity index (χ4n) is 5.44. The van der Waals surface area contributed by atoms with Crippen LogP contribution in [0.5, 0.6) is 5.06 Å². The zero-order chi connectivity index (χ0) is 23.8. The molecule has 9 heteroatoms. The molecule has 3 aromatic rings. The van der Waals surface area contributed by atoms with Crippen molar-refractivity contribution in [1.82, 2.24) is 4.90 Å². The number of ether oxygens (including phenoxy) is 2. The van der Waals surface area contributed by atoms with Crippen molar-refractivity contribution in [1.29, 1.82) is 0 Å². The van der Waals surface area contributed by atoms with Crippen molar-refractivity contribution in [2.75, 3.05) is 55.7 Å². The number of rotatable bonds is 7. The number of carbonyl (C=O) groups is 1. The van der Waals surface area contributed by atoms with Crippen LogP contribution in [0.1, 0.15) is 4.88 Å². The van der Waals surface area contributed by atoms with E-state index in [1.807, 2.05) is 22.4 Å². The Kier molecular flexibility index (Phi) is 6.49. The molecule has 2 aromatic heterocycles. The lowest BCUT2D eigenvalue weighted by molar-refractivity contribution is 0.122. The van der Waals surface area contributed by atoms with E-state index in [0.29, 0.717) is 67.0 Å². The number of piperidine rings is 1. The number of carbonyl (C=O) groups excluding carboxylic acids is 1. The second kappa shape index (κ2) is 9.89. The lowest BCUT2D eigenvalue weighted by Crippen LogP contribution is -2.38. The minimum Gasteiger partial charge on any atom is -0.399 e. The van der Waals surface area contributed by atoms with E-state index in [2.05, 4.69) is 22.4 Å². The molecule has 2 saturated heterocycles. The van der Waals surface area contributed by atoms with Crippen LogP contribution in [-0.2, 0) is 11.3 Å². The third kappa shape index (κ3) is 4.95. The predicted octanol–water partition coefficient (Wildman–Crippen LogP) is 5.17. The van der Waals surface area contributed by atoms with Gasteiger partial charge in [0.15, 0.2) is 5.06 Å². The van der Waals surface area contributed by atoms with Gasteiger partial charge in [0.1, 0.15) is 5.82 Å². The van der Waals surface area contributed by atoms with Crippen molar-refractivity contribution in [2.45, 2.75) is 6.54 Å². The average Bonchev–Trinajstić information content (AvgIpc) is 3.41. The number of benzene rings is 1. The third-order valence-corrected chi connectivity index (χ3v) is 8.90. The summed E-state index contributed by atoms with van der Waals surface area (Å²) in [4.78, 5) is 20.7. The topological polar surface area (TPSA) is 45.2 Å². The van der Waals surface area contributed by atoms with Crippen LogP contribution in [0, 0.1) is 23.6 Å². The summed E-state index contributed by atoms with van der Waals surface area (Å²) >= 11 is 3.17. The molecule has 35 heavy (non-hydrogen) atoms. The molecule has 6 nitrogen and oxygen atoms in total. The number of nitrogens with zero attached hydrogens (tertiary/aromatic N) is 3. The monoisotopic (exact) mass is 513 g/mol. The van der Waals surface area contributed by atoms with Gasteiger partial charge in [-0.2, -0.15) is 0 Å². The predicted molar refractivity (Wildman–Crippen MR) is 137 cm³/mol. The molecule has 1 aromatic carbocycles. The zero-order valence-corrected chi connectivity index (χ0v) is 21.0. The summed E-state index contributed by atoms with van der Waals surface area (Å²) in [6.45, 7) is 6.14. The van der Waals surface area contributed by atoms with Crippen molar-refractivity contribution in [3.8, 4) is 5.06 Å². The average molecular weight is 514 g/mol. The molecule has 4 heterocycles. The van der Waals surface area contributed by atoms with E-state index < -0.39 is 6.09 Å². The number of amides is 1. The largest absolute Gasteiger partial charge is 0.420 e. The fourth-order valence-corrected chi connectivity index (χ4v) is 6.76. The van der Waals surface area contributed by atoms with Gasteiger partial charge >= 0.3 is 6.09 Å². The minimum atomic E-state index is -0.452. The highest BCUT2D eigenvalue weighted by Gasteiger charge is 2.56. The molecule has 3 aliphatic rings. The number of hydrogen-bond donors (Lipinski definition) is 0. The molecule has 2 atom stereocenters. The highest BCUT2D eigenvalue weighted by atomic mass is 32.1. The van der Waals surface area contributed by atoms with Crippen molar-refractivity contribution in [2.24, 2.45) is 17.8 Å². The lowest BCUT2D eigenvalue weighted by Gasteiger charge is -2.30. The number of thiophene rings is 2. The van der Waals surface area contributed by atoms with E-state index in [4.69, 9.17) is 9.47 Å². The smallest absolute Gasteiger partial charge is 0.399 e. The molecule has 184 valence electrons. The van der Waals surface area contributed by atoms with Gasteiger partial charge in [-0.1, -0.05) is 6.07 Å². The molecule has 0 radical (unpaired) electrons. The second-order valence-electron chi connectivity index (χ2n) is 9.41. The van der Waals surface area contributed by atoms with Crippen LogP contribution in [-0.4, -0.2) is 56.9 Å². The summed E-state index contributed by atoms with van der Waals surface area (Å²) in [6, 6.07) is 13.0. The molecule has 0 spiro atoms. The first kappa shape index (κ1) is 23.0. The van der Waals surface area contributed by atoms with E-state index >= 15 is 4.39 Å². The van der Waals surface area contributed by atoms with Crippen LogP contribution in [0.2, 0.25) is 0 Å². The molecular formula is C26H28FN3O3S2. The lowest BCUT2D eigenvalue weighted by atomic mass is 10.2. The van der Waals surface area contributed by atoms with Gasteiger partial charge in [0.25, 0.3) is 0 Å². The Bertz CT molecular complexity index is 1140. The maximum absolute atomic E-state index is 15.2. The van der Waals surface area contributed by atoms with E-state index in [1.54, 1.807) is 28.4 Å². The van der Waals surface area contributed by atoms with Gasteiger partial charge in [-0.05, 0) is 64.9 Å². The van der Waals surface area contributed by atoms with Crippen molar-refractivity contribution < 1.29 is 18.7 Å². The van der Waals surface area contributed by atoms with Crippen molar-refractivity contribution in [3.63, 3.8) is 0 Å². The Morgan fingerprint density at radius 3 is 2.54 bits per heavy atom. The van der Waals surface area contributed by atoms with Crippen LogP contribution in [0.25, 0.3) is 0 Å². The second-order valence-corrected chi connectivity index (χ2v) is 11.4. The molecule has 0 bridgehead atoms. The Labute approximate surface area is 212 Å². The summed E-state index contributed by atoms with van der Waals surface area (Å²) in [7, 11) is 0. The van der Waals surface area contributed by atoms with Crippen LogP contribution in [0.4, 0.5) is 20.6 Å². The van der Waals surface area contributed by atoms with Gasteiger partial charge in [-0.25, -0.2) is 9.18 Å². The normalized spacial score (nSPS) is 23.8. The maximum atomic E-state index is 15.2. The van der Waals surface area contributed by atoms with Crippen molar-refractivity contribution >= 4 is 40.1 Å². The summed E-state index contributed by atoms with van der Waals surface area (Å²) in [5.41, 5.74) is 1.10. The number of morpholine rings is 1. The van der Waals surface area contributed by atoms with E-state index in [1.165, 1.54) is 22.3 Å². The minimum absolute atomic E-state index is 0.323. The third-order valence-electron chi connectivity index (χ3n) is 7.30. The van der Waals surface area contributed by atoms with Gasteiger partial charge in [0.05, 0.1) is 24.6 Å². The molecule has 1 amide bonds. The fraction of sp³-hybridized carbons (Fsp3) is 0.423. The SMILES string of the molecule is O=C(Oc1cccs1)N(CC1C2CN(Cc3cccs3)CC21)c1ccc(N2CCOCC2)c(F)c1. The van der Waals surface area contributed by atoms with Gasteiger partial charge in [0, 0.05) is 44.1 Å². The number of likely N-dealkylation sites (tertiary alicyclic amines) is 1. The summed E-state index contributed by atoms with van der Waals surface area (Å²) in [6.07, 6.45) is -0.452. The Balaban J connectivity index is 1.16. The summed E-state index contributed by atoms with van der Waals surface area (Å²) < 4.78 is 26.2. The van der Waals surface area contributed by atoms with Crippen LogP contribution in [0.3, 0.4) is 0 Å².